The second-order valence-corrected chi connectivity index (χ2v) is 7.59. The van der Waals surface area contributed by atoms with Gasteiger partial charge in [0, 0.05) is 17.7 Å². The monoisotopic (exact) mass is 429 g/mol. The van der Waals surface area contributed by atoms with Crippen molar-refractivity contribution in [3.63, 3.8) is 0 Å². The zero-order chi connectivity index (χ0) is 22.5. The summed E-state index contributed by atoms with van der Waals surface area (Å²) in [6.07, 6.45) is 0.724. The van der Waals surface area contributed by atoms with Gasteiger partial charge in [-0.15, -0.1) is 0 Å². The first-order chi connectivity index (χ1) is 15.5. The van der Waals surface area contributed by atoms with Crippen LogP contribution in [0.1, 0.15) is 23.2 Å². The van der Waals surface area contributed by atoms with Crippen molar-refractivity contribution in [2.45, 2.75) is 26.7 Å². The third-order valence-electron chi connectivity index (χ3n) is 5.10. The number of para-hydroxylation sites is 1. The highest BCUT2D eigenvalue weighted by molar-refractivity contribution is 5.90. The summed E-state index contributed by atoms with van der Waals surface area (Å²) < 4.78 is 21.3. The smallest absolute Gasteiger partial charge is 0.226 e. The van der Waals surface area contributed by atoms with E-state index in [1.165, 1.54) is 12.1 Å². The van der Waals surface area contributed by atoms with Gasteiger partial charge in [0.05, 0.1) is 11.4 Å². The topological polar surface area (TPSA) is 56.1 Å². The summed E-state index contributed by atoms with van der Waals surface area (Å²) in [7, 11) is 0. The molecule has 0 spiro atoms. The predicted octanol–water partition coefficient (Wildman–Crippen LogP) is 5.99. The number of amides is 1. The van der Waals surface area contributed by atoms with Gasteiger partial charge in [0.15, 0.2) is 0 Å². The lowest BCUT2D eigenvalue weighted by Gasteiger charge is -2.12. The lowest BCUT2D eigenvalue weighted by molar-refractivity contribution is -0.116. The first-order valence-corrected chi connectivity index (χ1v) is 10.4. The van der Waals surface area contributed by atoms with E-state index in [1.54, 1.807) is 16.8 Å². The van der Waals surface area contributed by atoms with Gasteiger partial charge in [-0.3, -0.25) is 4.79 Å². The number of aryl methyl sites for hydroxylation is 2. The maximum absolute atomic E-state index is 13.5. The van der Waals surface area contributed by atoms with Crippen molar-refractivity contribution in [1.29, 1.82) is 0 Å². The van der Waals surface area contributed by atoms with Gasteiger partial charge in [0.25, 0.3) is 0 Å². The second kappa shape index (κ2) is 9.47. The second-order valence-electron chi connectivity index (χ2n) is 7.59. The van der Waals surface area contributed by atoms with Gasteiger partial charge in [0.1, 0.15) is 11.6 Å². The Labute approximate surface area is 186 Å². The SMILES string of the molecule is Cc1ccc(Oc2c(CCC(=O)Nc3ccccc3)c(C)nn2-c2ccc(F)cc2)cc1. The van der Waals surface area contributed by atoms with Crippen LogP contribution in [-0.4, -0.2) is 15.7 Å². The van der Waals surface area contributed by atoms with E-state index in [1.807, 2.05) is 68.4 Å². The third-order valence-corrected chi connectivity index (χ3v) is 5.10. The Morgan fingerprint density at radius 1 is 0.969 bits per heavy atom. The first kappa shape index (κ1) is 21.3. The maximum atomic E-state index is 13.5. The molecule has 5 nitrogen and oxygen atoms in total. The largest absolute Gasteiger partial charge is 0.439 e. The van der Waals surface area contributed by atoms with E-state index in [0.29, 0.717) is 23.7 Å². The first-order valence-electron chi connectivity index (χ1n) is 10.4. The van der Waals surface area contributed by atoms with E-state index in [-0.39, 0.29) is 18.1 Å². The van der Waals surface area contributed by atoms with E-state index < -0.39 is 0 Å². The number of nitrogens with zero attached hydrogens (tertiary/aromatic N) is 2. The predicted molar refractivity (Wildman–Crippen MR) is 123 cm³/mol. The van der Waals surface area contributed by atoms with Crippen LogP contribution in [0.15, 0.2) is 78.9 Å². The Hall–Kier alpha value is -3.93. The number of rotatable bonds is 7. The molecule has 0 fully saturated rings. The quantitative estimate of drug-likeness (QED) is 0.392. The summed E-state index contributed by atoms with van der Waals surface area (Å²) in [5.74, 6) is 0.766. The van der Waals surface area contributed by atoms with Crippen molar-refractivity contribution in [3.8, 4) is 17.3 Å². The molecule has 0 atom stereocenters. The number of hydrogen-bond donors (Lipinski definition) is 1. The van der Waals surface area contributed by atoms with Crippen molar-refractivity contribution in [1.82, 2.24) is 9.78 Å². The van der Waals surface area contributed by atoms with E-state index in [0.717, 1.165) is 22.5 Å². The number of halogens is 1. The van der Waals surface area contributed by atoms with E-state index in [4.69, 9.17) is 4.74 Å². The van der Waals surface area contributed by atoms with Crippen LogP contribution < -0.4 is 10.1 Å². The van der Waals surface area contributed by atoms with Gasteiger partial charge in [-0.1, -0.05) is 35.9 Å². The van der Waals surface area contributed by atoms with Crippen LogP contribution in [0.25, 0.3) is 5.69 Å². The fraction of sp³-hybridized carbons (Fsp3) is 0.154. The van der Waals surface area contributed by atoms with Crippen molar-refractivity contribution < 1.29 is 13.9 Å². The van der Waals surface area contributed by atoms with Crippen LogP contribution in [0.5, 0.6) is 11.6 Å². The molecular formula is C26H24FN3O2. The zero-order valence-electron chi connectivity index (χ0n) is 18.0. The molecule has 0 bridgehead atoms. The number of nitrogens with one attached hydrogen (secondary N) is 1. The molecule has 32 heavy (non-hydrogen) atoms. The molecule has 3 aromatic carbocycles. The summed E-state index contributed by atoms with van der Waals surface area (Å²) in [5.41, 5.74) is 4.14. The minimum Gasteiger partial charge on any atom is -0.439 e. The van der Waals surface area contributed by atoms with Gasteiger partial charge in [0.2, 0.25) is 11.8 Å². The number of carbonyl (C=O) groups excluding carboxylic acids is 1. The highest BCUT2D eigenvalue weighted by Gasteiger charge is 2.20. The summed E-state index contributed by atoms with van der Waals surface area (Å²) >= 11 is 0. The van der Waals surface area contributed by atoms with Crippen LogP contribution >= 0.6 is 0 Å². The lowest BCUT2D eigenvalue weighted by Crippen LogP contribution is -2.12. The number of ether oxygens (including phenoxy) is 1. The van der Waals surface area contributed by atoms with Gasteiger partial charge in [-0.05, 0) is 68.8 Å². The molecule has 0 unspecified atom stereocenters. The molecule has 162 valence electrons. The van der Waals surface area contributed by atoms with Gasteiger partial charge in [-0.2, -0.15) is 5.10 Å². The highest BCUT2D eigenvalue weighted by Crippen LogP contribution is 2.32. The molecule has 4 rings (SSSR count). The maximum Gasteiger partial charge on any atom is 0.226 e. The Morgan fingerprint density at radius 3 is 2.34 bits per heavy atom. The van der Waals surface area contributed by atoms with Crippen LogP contribution in [0, 0.1) is 19.7 Å². The molecule has 1 aromatic heterocycles. The fourth-order valence-electron chi connectivity index (χ4n) is 3.39. The molecule has 4 aromatic rings. The van der Waals surface area contributed by atoms with Gasteiger partial charge >= 0.3 is 0 Å². The molecule has 1 amide bonds. The molecule has 0 radical (unpaired) electrons. The fourth-order valence-corrected chi connectivity index (χ4v) is 3.39. The lowest BCUT2D eigenvalue weighted by atomic mass is 10.1. The molecule has 1 heterocycles. The Balaban J connectivity index is 1.62. The Bertz CT molecular complexity index is 1200. The molecule has 0 aliphatic carbocycles. The van der Waals surface area contributed by atoms with E-state index in [9.17, 15) is 9.18 Å². The Kier molecular flexibility index (Phi) is 6.31. The summed E-state index contributed by atoms with van der Waals surface area (Å²) in [6, 6.07) is 23.1. The minimum absolute atomic E-state index is 0.0913. The Morgan fingerprint density at radius 2 is 1.66 bits per heavy atom. The molecule has 0 aliphatic heterocycles. The molecule has 0 saturated heterocycles. The molecule has 1 N–H and O–H groups in total. The van der Waals surface area contributed by atoms with Crippen LogP contribution in [0.4, 0.5) is 10.1 Å². The number of hydrogen-bond acceptors (Lipinski definition) is 3. The average Bonchev–Trinajstić information content (AvgIpc) is 3.10. The summed E-state index contributed by atoms with van der Waals surface area (Å²) in [5, 5.41) is 7.53. The summed E-state index contributed by atoms with van der Waals surface area (Å²) in [4.78, 5) is 12.5. The van der Waals surface area contributed by atoms with Gasteiger partial charge in [-0.25, -0.2) is 9.07 Å². The standard InChI is InChI=1S/C26H24FN3O2/c1-18-8-14-23(15-9-18)32-26-24(16-17-25(31)28-21-6-4-3-5-7-21)19(2)29-30(26)22-12-10-20(27)11-13-22/h3-15H,16-17H2,1-2H3,(H,28,31). The van der Waals surface area contributed by atoms with E-state index in [2.05, 4.69) is 10.4 Å². The molecule has 6 heteroatoms. The molecule has 0 aliphatic rings. The number of benzene rings is 3. The van der Waals surface area contributed by atoms with Crippen molar-refractivity contribution in [2.24, 2.45) is 0 Å². The van der Waals surface area contributed by atoms with Gasteiger partial charge < -0.3 is 10.1 Å². The molecule has 0 saturated carbocycles. The third kappa shape index (κ3) is 5.03. The van der Waals surface area contributed by atoms with E-state index >= 15 is 0 Å². The van der Waals surface area contributed by atoms with Crippen LogP contribution in [0.3, 0.4) is 0 Å². The minimum atomic E-state index is -0.323. The molecular weight excluding hydrogens is 405 g/mol. The summed E-state index contributed by atoms with van der Waals surface area (Å²) in [6.45, 7) is 3.89. The van der Waals surface area contributed by atoms with Crippen molar-refractivity contribution in [3.05, 3.63) is 102 Å². The zero-order valence-corrected chi connectivity index (χ0v) is 18.0. The number of anilines is 1. The average molecular weight is 429 g/mol. The van der Waals surface area contributed by atoms with Crippen molar-refractivity contribution in [2.75, 3.05) is 5.32 Å². The highest BCUT2D eigenvalue weighted by atomic mass is 19.1. The van der Waals surface area contributed by atoms with Crippen LogP contribution in [0.2, 0.25) is 0 Å². The number of carbonyl (C=O) groups is 1. The number of aromatic nitrogens is 2. The van der Waals surface area contributed by atoms with Crippen LogP contribution in [-0.2, 0) is 11.2 Å². The normalized spacial score (nSPS) is 10.7. The van der Waals surface area contributed by atoms with Crippen molar-refractivity contribution >= 4 is 11.6 Å².